The Kier molecular flexibility index (Phi) is 6.66. The van der Waals surface area contributed by atoms with Crippen molar-refractivity contribution in [1.82, 2.24) is 0 Å². The smallest absolute Gasteiger partial charge is 0.159 e. The Balaban J connectivity index is 1.67. The van der Waals surface area contributed by atoms with E-state index in [0.717, 1.165) is 30.2 Å². The summed E-state index contributed by atoms with van der Waals surface area (Å²) in [5.74, 6) is 0.259. The monoisotopic (exact) mass is 294 g/mol. The van der Waals surface area contributed by atoms with Crippen LogP contribution in [0, 0.1) is 23.5 Å². The van der Waals surface area contributed by atoms with Crippen molar-refractivity contribution >= 4 is 0 Å². The third-order valence-electron chi connectivity index (χ3n) is 5.01. The van der Waals surface area contributed by atoms with E-state index in [1.54, 1.807) is 6.07 Å². The molecule has 0 N–H and O–H groups in total. The van der Waals surface area contributed by atoms with Gasteiger partial charge in [0.25, 0.3) is 0 Å². The number of halogens is 2. The Labute approximate surface area is 128 Å². The Morgan fingerprint density at radius 3 is 2.19 bits per heavy atom. The quantitative estimate of drug-likeness (QED) is 0.519. The largest absolute Gasteiger partial charge is 0.204 e. The number of hydrogen-bond donors (Lipinski definition) is 0. The summed E-state index contributed by atoms with van der Waals surface area (Å²) in [7, 11) is 0. The van der Waals surface area contributed by atoms with Gasteiger partial charge in [0.05, 0.1) is 0 Å². The number of rotatable bonds is 7. The normalized spacial score (nSPS) is 22.4. The van der Waals surface area contributed by atoms with Crippen molar-refractivity contribution in [2.75, 3.05) is 0 Å². The molecule has 0 heterocycles. The van der Waals surface area contributed by atoms with Crippen molar-refractivity contribution in [3.05, 3.63) is 35.4 Å². The van der Waals surface area contributed by atoms with Gasteiger partial charge in [0.1, 0.15) is 0 Å². The van der Waals surface area contributed by atoms with E-state index in [1.165, 1.54) is 63.5 Å². The molecule has 0 radical (unpaired) electrons. The van der Waals surface area contributed by atoms with Crippen LogP contribution in [0.3, 0.4) is 0 Å². The van der Waals surface area contributed by atoms with E-state index in [-0.39, 0.29) is 0 Å². The van der Waals surface area contributed by atoms with Crippen molar-refractivity contribution in [2.45, 2.75) is 71.1 Å². The minimum atomic E-state index is -0.744. The van der Waals surface area contributed by atoms with Crippen molar-refractivity contribution in [3.8, 4) is 0 Å². The highest BCUT2D eigenvalue weighted by molar-refractivity contribution is 5.17. The fraction of sp³-hybridized carbons (Fsp3) is 0.684. The molecule has 0 atom stereocenters. The third kappa shape index (κ3) is 5.41. The van der Waals surface area contributed by atoms with E-state index in [0.29, 0.717) is 0 Å². The summed E-state index contributed by atoms with van der Waals surface area (Å²) in [5, 5.41) is 0. The Morgan fingerprint density at radius 2 is 1.57 bits per heavy atom. The molecule has 2 rings (SSSR count). The van der Waals surface area contributed by atoms with Crippen LogP contribution >= 0.6 is 0 Å². The maximum absolute atomic E-state index is 13.2. The molecule has 0 aliphatic heterocycles. The zero-order valence-electron chi connectivity index (χ0n) is 13.2. The highest BCUT2D eigenvalue weighted by atomic mass is 19.2. The lowest BCUT2D eigenvalue weighted by Gasteiger charge is -2.28. The van der Waals surface area contributed by atoms with E-state index in [4.69, 9.17) is 0 Å². The van der Waals surface area contributed by atoms with E-state index < -0.39 is 11.6 Å². The van der Waals surface area contributed by atoms with Crippen molar-refractivity contribution < 1.29 is 8.78 Å². The Morgan fingerprint density at radius 1 is 0.905 bits per heavy atom. The molecule has 0 aromatic heterocycles. The van der Waals surface area contributed by atoms with Gasteiger partial charge in [0.2, 0.25) is 0 Å². The van der Waals surface area contributed by atoms with Gasteiger partial charge in [-0.15, -0.1) is 0 Å². The Hall–Kier alpha value is -0.920. The predicted octanol–water partition coefficient (Wildman–Crippen LogP) is 6.28. The second-order valence-corrected chi connectivity index (χ2v) is 6.67. The van der Waals surface area contributed by atoms with Gasteiger partial charge in [-0.25, -0.2) is 8.78 Å². The Bertz CT molecular complexity index is 420. The van der Waals surface area contributed by atoms with Crippen molar-refractivity contribution in [2.24, 2.45) is 11.8 Å². The van der Waals surface area contributed by atoms with Crippen molar-refractivity contribution in [3.63, 3.8) is 0 Å². The summed E-state index contributed by atoms with van der Waals surface area (Å²) in [5.41, 5.74) is 0.930. The lowest BCUT2D eigenvalue weighted by Crippen LogP contribution is -2.15. The van der Waals surface area contributed by atoms with Crippen LogP contribution < -0.4 is 0 Å². The second kappa shape index (κ2) is 8.51. The molecule has 1 aliphatic rings. The first kappa shape index (κ1) is 16.5. The molecule has 0 spiro atoms. The van der Waals surface area contributed by atoms with Gasteiger partial charge in [0.15, 0.2) is 11.6 Å². The van der Waals surface area contributed by atoms with E-state index in [9.17, 15) is 8.78 Å². The van der Waals surface area contributed by atoms with Gasteiger partial charge in [-0.05, 0) is 42.4 Å². The first-order chi connectivity index (χ1) is 10.2. The van der Waals surface area contributed by atoms with Gasteiger partial charge in [-0.2, -0.15) is 0 Å². The molecule has 1 aromatic rings. The van der Waals surface area contributed by atoms with Crippen LogP contribution in [0.25, 0.3) is 0 Å². The summed E-state index contributed by atoms with van der Waals surface area (Å²) in [6.07, 6.45) is 12.8. The summed E-state index contributed by atoms with van der Waals surface area (Å²) in [4.78, 5) is 0. The molecule has 118 valence electrons. The molecule has 0 unspecified atom stereocenters. The molecular formula is C19H28F2. The first-order valence-corrected chi connectivity index (χ1v) is 8.63. The maximum atomic E-state index is 13.2. The highest BCUT2D eigenvalue weighted by Gasteiger charge is 2.20. The summed E-state index contributed by atoms with van der Waals surface area (Å²) in [6.45, 7) is 2.26. The average Bonchev–Trinajstić information content (AvgIpc) is 2.50. The molecule has 1 saturated carbocycles. The fourth-order valence-corrected chi connectivity index (χ4v) is 3.56. The minimum Gasteiger partial charge on any atom is -0.204 e. The second-order valence-electron chi connectivity index (χ2n) is 6.67. The topological polar surface area (TPSA) is 0 Å². The summed E-state index contributed by atoms with van der Waals surface area (Å²) >= 11 is 0. The van der Waals surface area contributed by atoms with Gasteiger partial charge in [-0.1, -0.05) is 64.4 Å². The van der Waals surface area contributed by atoms with Crippen LogP contribution in [-0.4, -0.2) is 0 Å². The van der Waals surface area contributed by atoms with E-state index >= 15 is 0 Å². The molecule has 2 heteroatoms. The zero-order valence-corrected chi connectivity index (χ0v) is 13.2. The van der Waals surface area contributed by atoms with Crippen LogP contribution in [0.4, 0.5) is 8.78 Å². The molecular weight excluding hydrogens is 266 g/mol. The molecule has 21 heavy (non-hydrogen) atoms. The minimum absolute atomic E-state index is 0.716. The molecule has 0 amide bonds. The average molecular weight is 294 g/mol. The SMILES string of the molecule is CCCCC[C@H]1CC[C@H](CCc2ccc(F)c(F)c2)CC1. The van der Waals surface area contributed by atoms with Gasteiger partial charge >= 0.3 is 0 Å². The van der Waals surface area contributed by atoms with E-state index in [1.807, 2.05) is 0 Å². The first-order valence-electron chi connectivity index (χ1n) is 8.63. The van der Waals surface area contributed by atoms with Crippen molar-refractivity contribution in [1.29, 1.82) is 0 Å². The van der Waals surface area contributed by atoms with E-state index in [2.05, 4.69) is 6.92 Å². The lowest BCUT2D eigenvalue weighted by molar-refractivity contribution is 0.249. The van der Waals surface area contributed by atoms with Gasteiger partial charge < -0.3 is 0 Å². The molecule has 0 bridgehead atoms. The van der Waals surface area contributed by atoms with Crippen LogP contribution in [-0.2, 0) is 6.42 Å². The van der Waals surface area contributed by atoms with Crippen LogP contribution in [0.2, 0.25) is 0 Å². The number of hydrogen-bond acceptors (Lipinski definition) is 0. The van der Waals surface area contributed by atoms with Gasteiger partial charge in [0, 0.05) is 0 Å². The standard InChI is InChI=1S/C19H28F2/c1-2-3-4-5-15-6-8-16(9-7-15)10-11-17-12-13-18(20)19(21)14-17/h12-16H,2-11H2,1H3/t15-,16-. The maximum Gasteiger partial charge on any atom is 0.159 e. The lowest BCUT2D eigenvalue weighted by atomic mass is 9.78. The third-order valence-corrected chi connectivity index (χ3v) is 5.01. The number of benzene rings is 1. The zero-order chi connectivity index (χ0) is 15.1. The highest BCUT2D eigenvalue weighted by Crippen LogP contribution is 2.34. The van der Waals surface area contributed by atoms with Crippen LogP contribution in [0.1, 0.15) is 70.3 Å². The van der Waals surface area contributed by atoms with Crippen LogP contribution in [0.5, 0.6) is 0 Å². The molecule has 1 aromatic carbocycles. The predicted molar refractivity (Wildman–Crippen MR) is 84.3 cm³/mol. The van der Waals surface area contributed by atoms with Crippen LogP contribution in [0.15, 0.2) is 18.2 Å². The molecule has 1 aliphatic carbocycles. The molecule has 1 fully saturated rings. The molecule has 0 nitrogen and oxygen atoms in total. The number of unbranched alkanes of at least 4 members (excludes halogenated alkanes) is 2. The molecule has 0 saturated heterocycles. The fourth-order valence-electron chi connectivity index (χ4n) is 3.56. The number of aryl methyl sites for hydroxylation is 1. The summed E-state index contributed by atoms with van der Waals surface area (Å²) in [6, 6.07) is 4.32. The summed E-state index contributed by atoms with van der Waals surface area (Å²) < 4.78 is 26.1. The van der Waals surface area contributed by atoms with Gasteiger partial charge in [-0.3, -0.25) is 0 Å².